The molecule has 1 heterocycles. The van der Waals surface area contributed by atoms with Gasteiger partial charge in [-0.2, -0.15) is 4.98 Å². The Morgan fingerprint density at radius 2 is 2.00 bits per heavy atom. The number of halogens is 3. The van der Waals surface area contributed by atoms with Gasteiger partial charge in [-0.3, -0.25) is 0 Å². The summed E-state index contributed by atoms with van der Waals surface area (Å²) in [6, 6.07) is 4.25. The summed E-state index contributed by atoms with van der Waals surface area (Å²) in [4.78, 5) is 7.64. The fraction of sp³-hybridized carbons (Fsp3) is 0.0909. The van der Waals surface area contributed by atoms with Gasteiger partial charge in [0.15, 0.2) is 11.6 Å². The van der Waals surface area contributed by atoms with E-state index in [0.717, 1.165) is 6.20 Å². The van der Waals surface area contributed by atoms with Crippen LogP contribution in [0.25, 0.3) is 0 Å². The first kappa shape index (κ1) is 12.7. The third-order valence-corrected chi connectivity index (χ3v) is 2.76. The highest BCUT2D eigenvalue weighted by Gasteiger charge is 2.07. The molecule has 18 heavy (non-hydrogen) atoms. The molecule has 0 radical (unpaired) electrons. The Labute approximate surface area is 111 Å². The van der Waals surface area contributed by atoms with E-state index in [0.29, 0.717) is 11.6 Å². The van der Waals surface area contributed by atoms with E-state index < -0.39 is 5.82 Å². The van der Waals surface area contributed by atoms with Crippen LogP contribution in [-0.4, -0.2) is 17.0 Å². The second kappa shape index (κ2) is 5.26. The Hall–Kier alpha value is -1.76. The van der Waals surface area contributed by atoms with Crippen LogP contribution in [0.4, 0.5) is 26.2 Å². The molecule has 1 aromatic carbocycles. The lowest BCUT2D eigenvalue weighted by Gasteiger charge is -2.08. The van der Waals surface area contributed by atoms with Crippen LogP contribution in [0.3, 0.4) is 0 Å². The van der Waals surface area contributed by atoms with Gasteiger partial charge in [-0.25, -0.2) is 13.8 Å². The molecule has 0 aliphatic heterocycles. The third-order valence-electron chi connectivity index (χ3n) is 2.15. The summed E-state index contributed by atoms with van der Waals surface area (Å²) in [5.74, 6) is -0.665. The lowest BCUT2D eigenvalue weighted by Crippen LogP contribution is -2.03. The molecule has 7 heteroatoms. The van der Waals surface area contributed by atoms with E-state index in [2.05, 4.69) is 36.5 Å². The summed E-state index contributed by atoms with van der Waals surface area (Å²) < 4.78 is 26.8. The van der Waals surface area contributed by atoms with Crippen LogP contribution in [0.5, 0.6) is 0 Å². The van der Waals surface area contributed by atoms with Gasteiger partial charge in [0.05, 0.1) is 10.7 Å². The molecule has 0 unspecified atom stereocenters. The first-order chi connectivity index (χ1) is 8.60. The molecule has 2 aromatic rings. The molecule has 0 fully saturated rings. The zero-order valence-electron chi connectivity index (χ0n) is 9.34. The van der Waals surface area contributed by atoms with E-state index in [1.54, 1.807) is 7.05 Å². The Kier molecular flexibility index (Phi) is 3.71. The summed E-state index contributed by atoms with van der Waals surface area (Å²) in [5, 5.41) is 5.45. The van der Waals surface area contributed by atoms with Gasteiger partial charge in [-0.1, -0.05) is 0 Å². The fourth-order valence-corrected chi connectivity index (χ4v) is 1.66. The molecule has 0 spiro atoms. The maximum atomic E-state index is 13.5. The topological polar surface area (TPSA) is 49.8 Å². The van der Waals surface area contributed by atoms with Gasteiger partial charge in [0.2, 0.25) is 5.95 Å². The summed E-state index contributed by atoms with van der Waals surface area (Å²) in [6.45, 7) is 0. The van der Waals surface area contributed by atoms with Crippen molar-refractivity contribution >= 4 is 33.4 Å². The molecule has 0 bridgehead atoms. The van der Waals surface area contributed by atoms with Gasteiger partial charge in [-0.05, 0) is 34.1 Å². The number of hydrogen-bond donors (Lipinski definition) is 2. The average Bonchev–Trinajstić information content (AvgIpc) is 2.36. The average molecular weight is 315 g/mol. The first-order valence-electron chi connectivity index (χ1n) is 5.02. The van der Waals surface area contributed by atoms with Crippen molar-refractivity contribution in [3.05, 3.63) is 40.5 Å². The quantitative estimate of drug-likeness (QED) is 0.912. The van der Waals surface area contributed by atoms with Gasteiger partial charge in [0, 0.05) is 12.7 Å². The molecule has 0 atom stereocenters. The molecule has 0 amide bonds. The molecule has 2 rings (SSSR count). The normalized spacial score (nSPS) is 10.2. The van der Waals surface area contributed by atoms with E-state index >= 15 is 0 Å². The van der Waals surface area contributed by atoms with Gasteiger partial charge in [0.1, 0.15) is 5.82 Å². The van der Waals surface area contributed by atoms with Crippen LogP contribution >= 0.6 is 15.9 Å². The van der Waals surface area contributed by atoms with Gasteiger partial charge in [0.25, 0.3) is 0 Å². The smallest absolute Gasteiger partial charge is 0.224 e. The number of benzene rings is 1. The van der Waals surface area contributed by atoms with E-state index in [1.165, 1.54) is 18.2 Å². The minimum absolute atomic E-state index is 0.0212. The summed E-state index contributed by atoms with van der Waals surface area (Å²) in [5.41, 5.74) is 0.517. The molecular weight excluding hydrogens is 306 g/mol. The zero-order chi connectivity index (χ0) is 13.1. The van der Waals surface area contributed by atoms with Crippen molar-refractivity contribution in [2.45, 2.75) is 0 Å². The second-order valence-electron chi connectivity index (χ2n) is 3.39. The molecule has 0 aliphatic carbocycles. The van der Waals surface area contributed by atoms with Crippen molar-refractivity contribution in [3.8, 4) is 0 Å². The standard InChI is InChI=1S/C11H9BrF2N4/c1-15-11-16-5-9(14)10(18-11)17-6-2-3-8(13)7(12)4-6/h2-5H,1H3,(H2,15,16,17,18). The minimum Gasteiger partial charge on any atom is -0.357 e. The van der Waals surface area contributed by atoms with Crippen molar-refractivity contribution in [2.75, 3.05) is 17.7 Å². The highest BCUT2D eigenvalue weighted by molar-refractivity contribution is 9.10. The minimum atomic E-state index is -0.588. The monoisotopic (exact) mass is 314 g/mol. The van der Waals surface area contributed by atoms with Crippen LogP contribution in [-0.2, 0) is 0 Å². The summed E-state index contributed by atoms with van der Waals surface area (Å²) >= 11 is 3.05. The van der Waals surface area contributed by atoms with Crippen LogP contribution in [0.15, 0.2) is 28.9 Å². The van der Waals surface area contributed by atoms with Crippen LogP contribution in [0.2, 0.25) is 0 Å². The van der Waals surface area contributed by atoms with Gasteiger partial charge < -0.3 is 10.6 Å². The van der Waals surface area contributed by atoms with Crippen LogP contribution in [0, 0.1) is 11.6 Å². The summed E-state index contributed by atoms with van der Waals surface area (Å²) in [6.07, 6.45) is 1.06. The summed E-state index contributed by atoms with van der Waals surface area (Å²) in [7, 11) is 1.63. The molecule has 0 aliphatic rings. The Morgan fingerprint density at radius 1 is 1.22 bits per heavy atom. The maximum absolute atomic E-state index is 13.5. The molecule has 1 aromatic heterocycles. The largest absolute Gasteiger partial charge is 0.357 e. The van der Waals surface area contributed by atoms with Crippen molar-refractivity contribution in [2.24, 2.45) is 0 Å². The van der Waals surface area contributed by atoms with Crippen LogP contribution < -0.4 is 10.6 Å². The second-order valence-corrected chi connectivity index (χ2v) is 4.25. The molecule has 94 valence electrons. The zero-order valence-corrected chi connectivity index (χ0v) is 10.9. The van der Waals surface area contributed by atoms with Crippen molar-refractivity contribution in [3.63, 3.8) is 0 Å². The Bertz CT molecular complexity index is 577. The number of nitrogens with zero attached hydrogens (tertiary/aromatic N) is 2. The van der Waals surface area contributed by atoms with Crippen molar-refractivity contribution in [1.82, 2.24) is 9.97 Å². The molecule has 0 saturated heterocycles. The molecule has 0 saturated carbocycles. The SMILES string of the molecule is CNc1ncc(F)c(Nc2ccc(F)c(Br)c2)n1. The van der Waals surface area contributed by atoms with Gasteiger partial charge in [-0.15, -0.1) is 0 Å². The molecule has 4 nitrogen and oxygen atoms in total. The predicted octanol–water partition coefficient (Wildman–Crippen LogP) is 3.30. The lowest BCUT2D eigenvalue weighted by molar-refractivity contribution is 0.619. The lowest BCUT2D eigenvalue weighted by atomic mass is 10.3. The molecule has 2 N–H and O–H groups in total. The van der Waals surface area contributed by atoms with E-state index in [1.807, 2.05) is 0 Å². The first-order valence-corrected chi connectivity index (χ1v) is 5.82. The number of anilines is 3. The number of rotatable bonds is 3. The van der Waals surface area contributed by atoms with E-state index in [-0.39, 0.29) is 16.1 Å². The Balaban J connectivity index is 2.30. The highest BCUT2D eigenvalue weighted by atomic mass is 79.9. The van der Waals surface area contributed by atoms with Crippen molar-refractivity contribution < 1.29 is 8.78 Å². The van der Waals surface area contributed by atoms with E-state index in [4.69, 9.17) is 0 Å². The van der Waals surface area contributed by atoms with Gasteiger partial charge >= 0.3 is 0 Å². The predicted molar refractivity (Wildman–Crippen MR) is 68.9 cm³/mol. The number of aromatic nitrogens is 2. The third kappa shape index (κ3) is 2.73. The van der Waals surface area contributed by atoms with Crippen LogP contribution in [0.1, 0.15) is 0 Å². The Morgan fingerprint density at radius 3 is 2.67 bits per heavy atom. The van der Waals surface area contributed by atoms with E-state index in [9.17, 15) is 8.78 Å². The van der Waals surface area contributed by atoms with Crippen molar-refractivity contribution in [1.29, 1.82) is 0 Å². The highest BCUT2D eigenvalue weighted by Crippen LogP contribution is 2.23. The number of hydrogen-bond acceptors (Lipinski definition) is 4. The fourth-order valence-electron chi connectivity index (χ4n) is 1.29. The molecular formula is C11H9BrF2N4. The maximum Gasteiger partial charge on any atom is 0.224 e. The number of nitrogens with one attached hydrogen (secondary N) is 2.